The van der Waals surface area contributed by atoms with Gasteiger partial charge >= 0.3 is 12.0 Å². The third kappa shape index (κ3) is 5.44. The van der Waals surface area contributed by atoms with E-state index in [1.807, 2.05) is 14.1 Å². The number of urea groups is 1. The van der Waals surface area contributed by atoms with Crippen molar-refractivity contribution in [2.45, 2.75) is 13.0 Å². The van der Waals surface area contributed by atoms with E-state index in [4.69, 9.17) is 5.11 Å². The van der Waals surface area contributed by atoms with Gasteiger partial charge in [-0.3, -0.25) is 9.69 Å². The highest BCUT2D eigenvalue weighted by Gasteiger charge is 2.23. The molecule has 1 rings (SSSR count). The molecule has 2 N–H and O–H groups in total. The maximum atomic E-state index is 11.8. The molecule has 110 valence electrons. The summed E-state index contributed by atoms with van der Waals surface area (Å²) in [5.74, 6) is -1.02. The van der Waals surface area contributed by atoms with Gasteiger partial charge in [0.2, 0.25) is 0 Å². The van der Waals surface area contributed by atoms with Crippen LogP contribution in [0.2, 0.25) is 0 Å². The van der Waals surface area contributed by atoms with Crippen molar-refractivity contribution in [3.8, 4) is 0 Å². The van der Waals surface area contributed by atoms with Crippen molar-refractivity contribution in [1.29, 1.82) is 0 Å². The van der Waals surface area contributed by atoms with E-state index in [0.29, 0.717) is 13.1 Å². The summed E-state index contributed by atoms with van der Waals surface area (Å²) in [4.78, 5) is 28.6. The van der Waals surface area contributed by atoms with Crippen LogP contribution in [0.25, 0.3) is 0 Å². The second-order valence-corrected chi connectivity index (χ2v) is 5.14. The Balaban J connectivity index is 2.29. The number of rotatable bonds is 5. The molecule has 0 bridgehead atoms. The number of amides is 2. The lowest BCUT2D eigenvalue weighted by Gasteiger charge is -2.35. The van der Waals surface area contributed by atoms with E-state index in [0.717, 1.165) is 26.2 Å². The van der Waals surface area contributed by atoms with Gasteiger partial charge in [0.15, 0.2) is 0 Å². The lowest BCUT2D eigenvalue weighted by Crippen LogP contribution is -2.54. The van der Waals surface area contributed by atoms with Crippen LogP contribution in [0.3, 0.4) is 0 Å². The lowest BCUT2D eigenvalue weighted by molar-refractivity contribution is -0.138. The molecule has 0 spiro atoms. The molecule has 0 aromatic carbocycles. The SMILES string of the molecule is C[C@@H](NC(=O)N1CCN(CCN(C)C)CC1)C(=O)O. The predicted octanol–water partition coefficient (Wildman–Crippen LogP) is -0.652. The average molecular weight is 272 g/mol. The van der Waals surface area contributed by atoms with Crippen LogP contribution in [0.1, 0.15) is 6.92 Å². The van der Waals surface area contributed by atoms with Crippen LogP contribution in [-0.2, 0) is 4.79 Å². The number of carboxylic acids is 1. The number of aliphatic carboxylic acids is 1. The molecule has 7 heteroatoms. The minimum Gasteiger partial charge on any atom is -0.480 e. The molecule has 2 amide bonds. The number of nitrogens with zero attached hydrogens (tertiary/aromatic N) is 3. The number of likely N-dealkylation sites (N-methyl/N-ethyl adjacent to an activating group) is 1. The Bertz CT molecular complexity index is 314. The molecule has 0 radical (unpaired) electrons. The molecule has 7 nitrogen and oxygen atoms in total. The highest BCUT2D eigenvalue weighted by Crippen LogP contribution is 2.02. The van der Waals surface area contributed by atoms with Crippen molar-refractivity contribution in [3.05, 3.63) is 0 Å². The summed E-state index contributed by atoms with van der Waals surface area (Å²) >= 11 is 0. The minimum absolute atomic E-state index is 0.290. The highest BCUT2D eigenvalue weighted by atomic mass is 16.4. The van der Waals surface area contributed by atoms with Gasteiger partial charge in [-0.1, -0.05) is 0 Å². The monoisotopic (exact) mass is 272 g/mol. The van der Waals surface area contributed by atoms with Gasteiger partial charge in [0, 0.05) is 39.3 Å². The van der Waals surface area contributed by atoms with Crippen molar-refractivity contribution >= 4 is 12.0 Å². The van der Waals surface area contributed by atoms with Gasteiger partial charge < -0.3 is 20.2 Å². The summed E-state index contributed by atoms with van der Waals surface area (Å²) < 4.78 is 0. The number of nitrogens with one attached hydrogen (secondary N) is 1. The number of hydrogen-bond acceptors (Lipinski definition) is 4. The lowest BCUT2D eigenvalue weighted by atomic mass is 10.3. The third-order valence-electron chi connectivity index (χ3n) is 3.23. The molecule has 1 heterocycles. The predicted molar refractivity (Wildman–Crippen MR) is 72.2 cm³/mol. The molecular weight excluding hydrogens is 248 g/mol. The van der Waals surface area contributed by atoms with Crippen LogP contribution in [-0.4, -0.2) is 91.2 Å². The van der Waals surface area contributed by atoms with Gasteiger partial charge in [0.25, 0.3) is 0 Å². The zero-order valence-corrected chi connectivity index (χ0v) is 11.9. The topological polar surface area (TPSA) is 76.1 Å². The van der Waals surface area contributed by atoms with Crippen LogP contribution in [0.4, 0.5) is 4.79 Å². The molecule has 1 fully saturated rings. The summed E-state index contributed by atoms with van der Waals surface area (Å²) in [6.07, 6.45) is 0. The molecule has 0 aliphatic carbocycles. The normalized spacial score (nSPS) is 18.4. The first-order valence-corrected chi connectivity index (χ1v) is 6.55. The molecule has 1 aliphatic rings. The number of piperazine rings is 1. The Hall–Kier alpha value is -1.34. The van der Waals surface area contributed by atoms with E-state index in [2.05, 4.69) is 15.1 Å². The summed E-state index contributed by atoms with van der Waals surface area (Å²) in [7, 11) is 4.08. The molecule has 0 aromatic rings. The Morgan fingerprint density at radius 1 is 1.26 bits per heavy atom. The average Bonchev–Trinajstić information content (AvgIpc) is 2.36. The Morgan fingerprint density at radius 2 is 1.84 bits per heavy atom. The van der Waals surface area contributed by atoms with Crippen LogP contribution in [0.15, 0.2) is 0 Å². The number of hydrogen-bond donors (Lipinski definition) is 2. The van der Waals surface area contributed by atoms with Crippen LogP contribution in [0, 0.1) is 0 Å². The summed E-state index contributed by atoms with van der Waals surface area (Å²) in [6, 6.07) is -1.14. The van der Waals surface area contributed by atoms with Crippen molar-refractivity contribution in [1.82, 2.24) is 20.0 Å². The standard InChI is InChI=1S/C12H24N4O3/c1-10(11(17)18)13-12(19)16-8-6-15(7-9-16)5-4-14(2)3/h10H,4-9H2,1-3H3,(H,13,19)(H,17,18)/t10-/m1/s1. The van der Waals surface area contributed by atoms with Gasteiger partial charge in [0.05, 0.1) is 0 Å². The third-order valence-corrected chi connectivity index (χ3v) is 3.23. The van der Waals surface area contributed by atoms with Crippen molar-refractivity contribution < 1.29 is 14.7 Å². The van der Waals surface area contributed by atoms with Crippen LogP contribution >= 0.6 is 0 Å². The molecule has 1 atom stereocenters. The van der Waals surface area contributed by atoms with Crippen molar-refractivity contribution in [2.75, 3.05) is 53.4 Å². The Morgan fingerprint density at radius 3 is 2.32 bits per heavy atom. The second-order valence-electron chi connectivity index (χ2n) is 5.14. The zero-order chi connectivity index (χ0) is 14.4. The Kier molecular flexibility index (Phi) is 6.04. The second kappa shape index (κ2) is 7.30. The van der Waals surface area contributed by atoms with E-state index < -0.39 is 12.0 Å². The summed E-state index contributed by atoms with van der Waals surface area (Å²) in [5, 5.41) is 11.2. The van der Waals surface area contributed by atoms with E-state index >= 15 is 0 Å². The number of carboxylic acid groups (broad SMARTS) is 1. The Labute approximate surface area is 114 Å². The quantitative estimate of drug-likeness (QED) is 0.695. The van der Waals surface area contributed by atoms with Crippen LogP contribution in [0.5, 0.6) is 0 Å². The maximum Gasteiger partial charge on any atom is 0.325 e. The first-order valence-electron chi connectivity index (χ1n) is 6.55. The first kappa shape index (κ1) is 15.7. The van der Waals surface area contributed by atoms with Gasteiger partial charge in [0.1, 0.15) is 6.04 Å². The van der Waals surface area contributed by atoms with Gasteiger partial charge in [-0.05, 0) is 21.0 Å². The molecule has 19 heavy (non-hydrogen) atoms. The fourth-order valence-electron chi connectivity index (χ4n) is 1.85. The largest absolute Gasteiger partial charge is 0.480 e. The fourth-order valence-corrected chi connectivity index (χ4v) is 1.85. The maximum absolute atomic E-state index is 11.8. The van der Waals surface area contributed by atoms with Gasteiger partial charge in [-0.15, -0.1) is 0 Å². The van der Waals surface area contributed by atoms with E-state index in [-0.39, 0.29) is 6.03 Å². The highest BCUT2D eigenvalue weighted by molar-refractivity contribution is 5.82. The smallest absolute Gasteiger partial charge is 0.325 e. The summed E-state index contributed by atoms with van der Waals surface area (Å²) in [6.45, 7) is 6.42. The van der Waals surface area contributed by atoms with E-state index in [1.54, 1.807) is 4.90 Å². The molecular formula is C12H24N4O3. The van der Waals surface area contributed by atoms with E-state index in [9.17, 15) is 9.59 Å². The van der Waals surface area contributed by atoms with E-state index in [1.165, 1.54) is 6.92 Å². The molecule has 1 aliphatic heterocycles. The van der Waals surface area contributed by atoms with Gasteiger partial charge in [-0.2, -0.15) is 0 Å². The molecule has 1 saturated heterocycles. The van der Waals surface area contributed by atoms with Crippen molar-refractivity contribution in [3.63, 3.8) is 0 Å². The summed E-state index contributed by atoms with van der Waals surface area (Å²) in [5.41, 5.74) is 0. The molecule has 0 saturated carbocycles. The molecule has 0 aromatic heterocycles. The minimum atomic E-state index is -1.02. The van der Waals surface area contributed by atoms with Crippen LogP contribution < -0.4 is 5.32 Å². The molecule has 0 unspecified atom stereocenters. The van der Waals surface area contributed by atoms with Gasteiger partial charge in [-0.25, -0.2) is 4.79 Å². The number of carbonyl (C=O) groups excluding carboxylic acids is 1. The van der Waals surface area contributed by atoms with Crippen molar-refractivity contribution in [2.24, 2.45) is 0 Å². The first-order chi connectivity index (χ1) is 8.90. The number of carbonyl (C=O) groups is 2. The zero-order valence-electron chi connectivity index (χ0n) is 11.9. The fraction of sp³-hybridized carbons (Fsp3) is 0.833.